The van der Waals surface area contributed by atoms with Crippen molar-refractivity contribution >= 4 is 38.9 Å². The maximum atomic E-state index is 13.9. The highest BCUT2D eigenvalue weighted by Crippen LogP contribution is 2.55. The topological polar surface area (TPSA) is 119 Å². The van der Waals surface area contributed by atoms with Gasteiger partial charge in [-0.1, -0.05) is 17.7 Å². The van der Waals surface area contributed by atoms with E-state index < -0.39 is 27.4 Å². The van der Waals surface area contributed by atoms with Gasteiger partial charge in [-0.2, -0.15) is 0 Å². The van der Waals surface area contributed by atoms with Crippen LogP contribution in [0.2, 0.25) is 5.02 Å². The summed E-state index contributed by atoms with van der Waals surface area (Å²) < 4.78 is 34.2. The molecule has 1 N–H and O–H groups in total. The molecule has 6 rings (SSSR count). The highest BCUT2D eigenvalue weighted by molar-refractivity contribution is 7.92. The van der Waals surface area contributed by atoms with Crippen molar-refractivity contribution in [1.82, 2.24) is 5.32 Å². The number of hydrogen-bond acceptors (Lipinski definition) is 6. The Morgan fingerprint density at radius 3 is 2.32 bits per heavy atom. The molecule has 4 aliphatic carbocycles. The summed E-state index contributed by atoms with van der Waals surface area (Å²) in [5.74, 6) is 1.60. The standard InChI is InChI=1S/C26H30ClN3O6S/c1-16-3-5-21(11-22(16)30(32)33)37(34,35)29(23-10-20(27)4-6-24(23)36-2)15-25(31)28-26-12-17-7-18(13-26)9-19(8-17)14-26/h3-6,10-11,17-19H,7-9,12-15H2,1-2H3,(H,28,31). The molecule has 9 nitrogen and oxygen atoms in total. The molecule has 0 radical (unpaired) electrons. The normalized spacial score (nSPS) is 26.1. The molecule has 11 heteroatoms. The first-order valence-corrected chi connectivity index (χ1v) is 14.2. The number of nitrogens with one attached hydrogen (secondary N) is 1. The number of nitrogens with zero attached hydrogens (tertiary/aromatic N) is 2. The van der Waals surface area contributed by atoms with Gasteiger partial charge in [0.25, 0.3) is 15.7 Å². The molecular formula is C26H30ClN3O6S. The van der Waals surface area contributed by atoms with Gasteiger partial charge in [-0.3, -0.25) is 19.2 Å². The number of halogens is 1. The van der Waals surface area contributed by atoms with Crippen LogP contribution in [-0.4, -0.2) is 38.4 Å². The molecule has 4 fully saturated rings. The number of carbonyl (C=O) groups excluding carboxylic acids is 1. The summed E-state index contributed by atoms with van der Waals surface area (Å²) in [5, 5.41) is 15.0. The molecular weight excluding hydrogens is 518 g/mol. The van der Waals surface area contributed by atoms with E-state index in [9.17, 15) is 23.3 Å². The number of carbonyl (C=O) groups is 1. The van der Waals surface area contributed by atoms with Gasteiger partial charge in [-0.25, -0.2) is 8.42 Å². The molecule has 0 aliphatic heterocycles. The van der Waals surface area contributed by atoms with Crippen LogP contribution in [0.5, 0.6) is 5.75 Å². The Labute approximate surface area is 221 Å². The highest BCUT2D eigenvalue weighted by atomic mass is 35.5. The Kier molecular flexibility index (Phi) is 6.60. The molecule has 1 amide bonds. The van der Waals surface area contributed by atoms with Crippen LogP contribution in [0.4, 0.5) is 11.4 Å². The summed E-state index contributed by atoms with van der Waals surface area (Å²) in [6.07, 6.45) is 6.39. The summed E-state index contributed by atoms with van der Waals surface area (Å²) in [5.41, 5.74) is -0.214. The lowest BCUT2D eigenvalue weighted by molar-refractivity contribution is -0.385. The Bertz CT molecular complexity index is 1330. The number of anilines is 1. The highest BCUT2D eigenvalue weighted by Gasteiger charge is 2.51. The van der Waals surface area contributed by atoms with Crippen molar-refractivity contribution < 1.29 is 22.9 Å². The summed E-state index contributed by atoms with van der Waals surface area (Å²) in [7, 11) is -3.02. The second-order valence-electron chi connectivity index (χ2n) is 10.8. The predicted octanol–water partition coefficient (Wildman–Crippen LogP) is 4.85. The van der Waals surface area contributed by atoms with Crippen LogP contribution in [0, 0.1) is 34.8 Å². The summed E-state index contributed by atoms with van der Waals surface area (Å²) in [6, 6.07) is 8.20. The van der Waals surface area contributed by atoms with Crippen LogP contribution in [0.1, 0.15) is 44.1 Å². The molecule has 0 saturated heterocycles. The first-order chi connectivity index (χ1) is 17.5. The van der Waals surface area contributed by atoms with Crippen LogP contribution in [0.25, 0.3) is 0 Å². The van der Waals surface area contributed by atoms with Gasteiger partial charge in [0.2, 0.25) is 5.91 Å². The second-order valence-corrected chi connectivity index (χ2v) is 13.1. The third kappa shape index (κ3) is 4.88. The third-order valence-corrected chi connectivity index (χ3v) is 10.1. The van der Waals surface area contributed by atoms with E-state index in [1.807, 2.05) is 0 Å². The zero-order chi connectivity index (χ0) is 26.5. The lowest BCUT2D eigenvalue weighted by Crippen LogP contribution is -2.61. The molecule has 4 aliphatic rings. The van der Waals surface area contributed by atoms with E-state index in [4.69, 9.17) is 16.3 Å². The first kappa shape index (κ1) is 25.8. The van der Waals surface area contributed by atoms with Gasteiger partial charge in [0.05, 0.1) is 22.6 Å². The largest absolute Gasteiger partial charge is 0.495 e. The third-order valence-electron chi connectivity index (χ3n) is 8.10. The van der Waals surface area contributed by atoms with E-state index >= 15 is 0 Å². The van der Waals surface area contributed by atoms with Crippen molar-refractivity contribution in [2.45, 2.75) is 55.9 Å². The Morgan fingerprint density at radius 2 is 1.76 bits per heavy atom. The lowest BCUT2D eigenvalue weighted by atomic mass is 9.53. The molecule has 0 atom stereocenters. The number of benzene rings is 2. The Balaban J connectivity index is 1.51. The molecule has 0 unspecified atom stereocenters. The van der Waals surface area contributed by atoms with Gasteiger partial charge in [0, 0.05) is 22.2 Å². The lowest BCUT2D eigenvalue weighted by Gasteiger charge is -2.57. The molecule has 2 aromatic rings. The molecule has 0 aromatic heterocycles. The van der Waals surface area contributed by atoms with E-state index in [0.717, 1.165) is 29.6 Å². The van der Waals surface area contributed by atoms with E-state index in [2.05, 4.69) is 5.32 Å². The molecule has 4 saturated carbocycles. The molecule has 4 bridgehead atoms. The smallest absolute Gasteiger partial charge is 0.273 e. The van der Waals surface area contributed by atoms with Crippen molar-refractivity contribution in [3.8, 4) is 5.75 Å². The first-order valence-electron chi connectivity index (χ1n) is 12.4. The maximum Gasteiger partial charge on any atom is 0.273 e. The second kappa shape index (κ2) is 9.47. The number of rotatable bonds is 8. The number of hydrogen-bond donors (Lipinski definition) is 1. The predicted molar refractivity (Wildman–Crippen MR) is 139 cm³/mol. The molecule has 0 spiro atoms. The fourth-order valence-electron chi connectivity index (χ4n) is 6.96. The summed E-state index contributed by atoms with van der Waals surface area (Å²) in [4.78, 5) is 24.1. The quantitative estimate of drug-likeness (QED) is 0.373. The maximum absolute atomic E-state index is 13.9. The number of ether oxygens (including phenoxy) is 1. The average Bonchev–Trinajstić information content (AvgIpc) is 2.81. The Hall–Kier alpha value is -2.85. The van der Waals surface area contributed by atoms with Gasteiger partial charge >= 0.3 is 0 Å². The molecule has 37 heavy (non-hydrogen) atoms. The minimum atomic E-state index is -4.41. The molecule has 0 heterocycles. The van der Waals surface area contributed by atoms with Crippen LogP contribution in [0.15, 0.2) is 41.3 Å². The van der Waals surface area contributed by atoms with E-state index in [1.54, 1.807) is 6.07 Å². The monoisotopic (exact) mass is 547 g/mol. The number of sulfonamides is 1. The van der Waals surface area contributed by atoms with Gasteiger partial charge in [-0.05, 0) is 87.5 Å². The van der Waals surface area contributed by atoms with Crippen molar-refractivity contribution in [1.29, 1.82) is 0 Å². The fraction of sp³-hybridized carbons (Fsp3) is 0.500. The van der Waals surface area contributed by atoms with Crippen molar-refractivity contribution in [2.75, 3.05) is 18.0 Å². The zero-order valence-electron chi connectivity index (χ0n) is 20.8. The Morgan fingerprint density at radius 1 is 1.14 bits per heavy atom. The van der Waals surface area contributed by atoms with Gasteiger partial charge in [0.1, 0.15) is 12.3 Å². The summed E-state index contributed by atoms with van der Waals surface area (Å²) in [6.45, 7) is 1.02. The molecule has 2 aromatic carbocycles. The van der Waals surface area contributed by atoms with E-state index in [-0.39, 0.29) is 32.6 Å². The summed E-state index contributed by atoms with van der Waals surface area (Å²) >= 11 is 6.22. The zero-order valence-corrected chi connectivity index (χ0v) is 22.3. The van der Waals surface area contributed by atoms with Crippen molar-refractivity contribution in [3.63, 3.8) is 0 Å². The minimum absolute atomic E-state index is 0.0823. The van der Waals surface area contributed by atoms with Crippen LogP contribution >= 0.6 is 11.6 Å². The average molecular weight is 548 g/mol. The van der Waals surface area contributed by atoms with E-state index in [0.29, 0.717) is 23.3 Å². The number of methoxy groups -OCH3 is 1. The van der Waals surface area contributed by atoms with Crippen LogP contribution in [0.3, 0.4) is 0 Å². The number of nitro groups is 1. The van der Waals surface area contributed by atoms with Gasteiger partial charge in [0.15, 0.2) is 0 Å². The van der Waals surface area contributed by atoms with Gasteiger partial charge < -0.3 is 10.1 Å². The van der Waals surface area contributed by atoms with Crippen molar-refractivity contribution in [2.24, 2.45) is 17.8 Å². The number of aryl methyl sites for hydroxylation is 1. The van der Waals surface area contributed by atoms with Crippen molar-refractivity contribution in [3.05, 3.63) is 57.1 Å². The molecule has 198 valence electrons. The SMILES string of the molecule is COc1ccc(Cl)cc1N(CC(=O)NC12CC3CC(CC(C3)C1)C2)S(=O)(=O)c1ccc(C)c([N+](=O)[O-])c1. The number of amides is 1. The fourth-order valence-corrected chi connectivity index (χ4v) is 8.57. The minimum Gasteiger partial charge on any atom is -0.495 e. The number of nitro benzene ring substituents is 1. The van der Waals surface area contributed by atoms with Crippen LogP contribution < -0.4 is 14.4 Å². The van der Waals surface area contributed by atoms with E-state index in [1.165, 1.54) is 57.6 Å². The van der Waals surface area contributed by atoms with Crippen LogP contribution in [-0.2, 0) is 14.8 Å². The van der Waals surface area contributed by atoms with Gasteiger partial charge in [-0.15, -0.1) is 0 Å².